The van der Waals surface area contributed by atoms with E-state index in [-0.39, 0.29) is 5.91 Å². The molecule has 6 heteroatoms. The summed E-state index contributed by atoms with van der Waals surface area (Å²) in [7, 11) is 0. The number of thiazole rings is 1. The van der Waals surface area contributed by atoms with Crippen LogP contribution in [0.5, 0.6) is 0 Å². The van der Waals surface area contributed by atoms with Gasteiger partial charge in [0.15, 0.2) is 0 Å². The van der Waals surface area contributed by atoms with Gasteiger partial charge in [0, 0.05) is 32.2 Å². The summed E-state index contributed by atoms with van der Waals surface area (Å²) in [5.74, 6) is 0.0610. The van der Waals surface area contributed by atoms with Gasteiger partial charge in [-0.15, -0.1) is 11.3 Å². The van der Waals surface area contributed by atoms with E-state index in [9.17, 15) is 4.79 Å². The molecule has 0 spiro atoms. The van der Waals surface area contributed by atoms with Crippen molar-refractivity contribution in [3.63, 3.8) is 0 Å². The molecule has 126 valence electrons. The Kier molecular flexibility index (Phi) is 4.60. The van der Waals surface area contributed by atoms with Crippen molar-refractivity contribution in [2.24, 2.45) is 0 Å². The van der Waals surface area contributed by atoms with Crippen LogP contribution >= 0.6 is 11.3 Å². The topological polar surface area (TPSA) is 45.7 Å². The third-order valence-electron chi connectivity index (χ3n) is 4.82. The van der Waals surface area contributed by atoms with E-state index in [0.717, 1.165) is 56.3 Å². The molecule has 2 aromatic rings. The van der Waals surface area contributed by atoms with Crippen molar-refractivity contribution < 1.29 is 9.53 Å². The van der Waals surface area contributed by atoms with Crippen LogP contribution in [-0.2, 0) is 4.74 Å². The first-order valence-electron chi connectivity index (χ1n) is 8.43. The lowest BCUT2D eigenvalue weighted by Crippen LogP contribution is -2.45. The van der Waals surface area contributed by atoms with E-state index in [1.165, 1.54) is 11.3 Å². The van der Waals surface area contributed by atoms with Crippen LogP contribution in [-0.4, -0.2) is 66.1 Å². The molecule has 24 heavy (non-hydrogen) atoms. The molecule has 1 atom stereocenters. The molecule has 2 aliphatic rings. The van der Waals surface area contributed by atoms with Gasteiger partial charge in [-0.25, -0.2) is 4.98 Å². The number of rotatable bonds is 3. The number of benzene rings is 1. The molecule has 0 unspecified atom stereocenters. The van der Waals surface area contributed by atoms with Crippen LogP contribution < -0.4 is 0 Å². The van der Waals surface area contributed by atoms with Crippen LogP contribution in [0.4, 0.5) is 0 Å². The molecule has 0 bridgehead atoms. The lowest BCUT2D eigenvalue weighted by molar-refractivity contribution is 0.0185. The Labute approximate surface area is 145 Å². The molecule has 1 amide bonds. The summed E-state index contributed by atoms with van der Waals surface area (Å²) >= 11 is 1.53. The highest BCUT2D eigenvalue weighted by Crippen LogP contribution is 2.29. The first-order valence-corrected chi connectivity index (χ1v) is 9.31. The largest absolute Gasteiger partial charge is 0.379 e. The molecule has 1 aromatic carbocycles. The highest BCUT2D eigenvalue weighted by molar-refractivity contribution is 7.13. The van der Waals surface area contributed by atoms with Gasteiger partial charge < -0.3 is 9.64 Å². The van der Waals surface area contributed by atoms with Crippen LogP contribution in [0.25, 0.3) is 10.4 Å². The highest BCUT2D eigenvalue weighted by atomic mass is 32.1. The van der Waals surface area contributed by atoms with Gasteiger partial charge in [-0.3, -0.25) is 9.69 Å². The number of likely N-dealkylation sites (tertiary alicyclic amines) is 1. The van der Waals surface area contributed by atoms with Crippen molar-refractivity contribution in [1.82, 2.24) is 14.8 Å². The number of amides is 1. The fourth-order valence-electron chi connectivity index (χ4n) is 3.51. The summed E-state index contributed by atoms with van der Waals surface area (Å²) in [6.07, 6.45) is 1.04. The lowest BCUT2D eigenvalue weighted by Gasteiger charge is -2.32. The van der Waals surface area contributed by atoms with Crippen molar-refractivity contribution in [1.29, 1.82) is 0 Å². The van der Waals surface area contributed by atoms with Crippen LogP contribution in [0.1, 0.15) is 16.9 Å². The van der Waals surface area contributed by atoms with Crippen molar-refractivity contribution in [2.75, 3.05) is 39.4 Å². The molecule has 2 aliphatic heterocycles. The Hall–Kier alpha value is -1.76. The molecule has 2 fully saturated rings. The molecule has 0 saturated carbocycles. The molecular formula is C18H21N3O2S. The smallest absolute Gasteiger partial charge is 0.274 e. The van der Waals surface area contributed by atoms with E-state index in [2.05, 4.69) is 9.88 Å². The van der Waals surface area contributed by atoms with E-state index in [0.29, 0.717) is 11.7 Å². The monoisotopic (exact) mass is 343 g/mol. The molecular weight excluding hydrogens is 322 g/mol. The standard InChI is InChI=1S/C18H21N3O2S/c22-18(16-17(24-13-19-16)14-4-2-1-3-5-14)21-7-6-15(12-21)20-8-10-23-11-9-20/h1-5,13,15H,6-12H2/t15-/m0/s1. The lowest BCUT2D eigenvalue weighted by atomic mass is 10.1. The zero-order chi connectivity index (χ0) is 16.4. The van der Waals surface area contributed by atoms with Gasteiger partial charge in [0.05, 0.1) is 23.6 Å². The van der Waals surface area contributed by atoms with Crippen LogP contribution in [0, 0.1) is 0 Å². The average Bonchev–Trinajstić information content (AvgIpc) is 3.32. The number of carbonyl (C=O) groups excluding carboxylic acids is 1. The van der Waals surface area contributed by atoms with Crippen LogP contribution in [0.2, 0.25) is 0 Å². The molecule has 5 nitrogen and oxygen atoms in total. The maximum absolute atomic E-state index is 13.0. The fraction of sp³-hybridized carbons (Fsp3) is 0.444. The zero-order valence-electron chi connectivity index (χ0n) is 13.6. The highest BCUT2D eigenvalue weighted by Gasteiger charge is 2.33. The molecule has 3 heterocycles. The molecule has 0 aliphatic carbocycles. The molecule has 2 saturated heterocycles. The second-order valence-corrected chi connectivity index (χ2v) is 7.09. The minimum absolute atomic E-state index is 0.0610. The summed E-state index contributed by atoms with van der Waals surface area (Å²) in [5.41, 5.74) is 3.42. The Morgan fingerprint density at radius 1 is 1.17 bits per heavy atom. The van der Waals surface area contributed by atoms with Crippen LogP contribution in [0.3, 0.4) is 0 Å². The number of aromatic nitrogens is 1. The van der Waals surface area contributed by atoms with Crippen molar-refractivity contribution in [2.45, 2.75) is 12.5 Å². The molecule has 0 N–H and O–H groups in total. The quantitative estimate of drug-likeness (QED) is 0.858. The van der Waals surface area contributed by atoms with E-state index in [4.69, 9.17) is 4.74 Å². The van der Waals surface area contributed by atoms with E-state index in [1.54, 1.807) is 5.51 Å². The Morgan fingerprint density at radius 3 is 2.75 bits per heavy atom. The Balaban J connectivity index is 1.48. The van der Waals surface area contributed by atoms with Gasteiger partial charge in [-0.2, -0.15) is 0 Å². The zero-order valence-corrected chi connectivity index (χ0v) is 14.4. The Morgan fingerprint density at radius 2 is 1.96 bits per heavy atom. The van der Waals surface area contributed by atoms with Gasteiger partial charge >= 0.3 is 0 Å². The van der Waals surface area contributed by atoms with E-state index in [1.807, 2.05) is 35.2 Å². The van der Waals surface area contributed by atoms with Crippen LogP contribution in [0.15, 0.2) is 35.8 Å². The first-order chi connectivity index (χ1) is 11.8. The van der Waals surface area contributed by atoms with Gasteiger partial charge in [-0.1, -0.05) is 30.3 Å². The summed E-state index contributed by atoms with van der Waals surface area (Å²) in [6, 6.07) is 10.5. The van der Waals surface area contributed by atoms with E-state index < -0.39 is 0 Å². The van der Waals surface area contributed by atoms with Gasteiger partial charge in [0.25, 0.3) is 5.91 Å². The Bertz CT molecular complexity index is 697. The SMILES string of the molecule is O=C(c1ncsc1-c1ccccc1)N1CC[C@H](N2CCOCC2)C1. The average molecular weight is 343 g/mol. The number of morpholine rings is 1. The van der Waals surface area contributed by atoms with Gasteiger partial charge in [-0.05, 0) is 12.0 Å². The number of carbonyl (C=O) groups is 1. The van der Waals surface area contributed by atoms with E-state index >= 15 is 0 Å². The predicted octanol–water partition coefficient (Wildman–Crippen LogP) is 2.36. The minimum atomic E-state index is 0.0610. The number of nitrogens with zero attached hydrogens (tertiary/aromatic N) is 3. The van der Waals surface area contributed by atoms with Crippen molar-refractivity contribution in [3.8, 4) is 10.4 Å². The summed E-state index contributed by atoms with van der Waals surface area (Å²) in [4.78, 5) is 22.7. The number of ether oxygens (including phenoxy) is 1. The summed E-state index contributed by atoms with van der Waals surface area (Å²) < 4.78 is 5.43. The second-order valence-electron chi connectivity index (χ2n) is 6.24. The fourth-order valence-corrected chi connectivity index (χ4v) is 4.30. The van der Waals surface area contributed by atoms with Gasteiger partial charge in [0.1, 0.15) is 5.69 Å². The maximum Gasteiger partial charge on any atom is 0.274 e. The van der Waals surface area contributed by atoms with Gasteiger partial charge in [0.2, 0.25) is 0 Å². The molecule has 4 rings (SSSR count). The maximum atomic E-state index is 13.0. The molecule has 1 aromatic heterocycles. The minimum Gasteiger partial charge on any atom is -0.379 e. The number of hydrogen-bond acceptors (Lipinski definition) is 5. The normalized spacial score (nSPS) is 22.0. The second kappa shape index (κ2) is 7.01. The summed E-state index contributed by atoms with van der Waals surface area (Å²) in [5, 5.41) is 0. The third kappa shape index (κ3) is 3.09. The summed E-state index contributed by atoms with van der Waals surface area (Å²) in [6.45, 7) is 5.15. The van der Waals surface area contributed by atoms with Crippen molar-refractivity contribution >= 4 is 17.2 Å². The van der Waals surface area contributed by atoms with Crippen molar-refractivity contribution in [3.05, 3.63) is 41.5 Å². The number of hydrogen-bond donors (Lipinski definition) is 0. The predicted molar refractivity (Wildman–Crippen MR) is 94.3 cm³/mol. The first kappa shape index (κ1) is 15.7. The molecule has 0 radical (unpaired) electrons. The third-order valence-corrected chi connectivity index (χ3v) is 5.69.